The SMILES string of the molecule is CCOP(=O)(OCC)C1CC(C(=O)OC)C(C(=O)C2CCCCC2)=N1. The standard InChI is InChI=1S/C17H28NO6P/c1-4-23-25(21,24-5-2)14-11-13(17(20)22-3)15(18-14)16(19)12-9-7-6-8-10-12/h12-14H,4-11H2,1-3H3. The highest BCUT2D eigenvalue weighted by Crippen LogP contribution is 2.57. The van der Waals surface area contributed by atoms with Crippen LogP contribution in [0.15, 0.2) is 4.99 Å². The summed E-state index contributed by atoms with van der Waals surface area (Å²) in [6.07, 6.45) is 4.88. The molecule has 0 aromatic carbocycles. The van der Waals surface area contributed by atoms with Crippen LogP contribution < -0.4 is 0 Å². The van der Waals surface area contributed by atoms with Crippen LogP contribution in [0.5, 0.6) is 0 Å². The average molecular weight is 373 g/mol. The van der Waals surface area contributed by atoms with Gasteiger partial charge in [-0.2, -0.15) is 0 Å². The van der Waals surface area contributed by atoms with Gasteiger partial charge in [-0.1, -0.05) is 19.3 Å². The van der Waals surface area contributed by atoms with Crippen LogP contribution in [0.3, 0.4) is 0 Å². The summed E-state index contributed by atoms with van der Waals surface area (Å²) in [7, 11) is -2.24. The number of Topliss-reactive ketones (excluding diaryl/α,β-unsaturated/α-hetero) is 1. The summed E-state index contributed by atoms with van der Waals surface area (Å²) in [4.78, 5) is 29.5. The lowest BCUT2D eigenvalue weighted by Gasteiger charge is -2.21. The van der Waals surface area contributed by atoms with Gasteiger partial charge in [-0.05, 0) is 26.7 Å². The number of methoxy groups -OCH3 is 1. The maximum atomic E-state index is 13.0. The highest BCUT2D eigenvalue weighted by molar-refractivity contribution is 7.54. The van der Waals surface area contributed by atoms with E-state index in [1.54, 1.807) is 13.8 Å². The zero-order valence-electron chi connectivity index (χ0n) is 15.2. The number of carbonyl (C=O) groups excluding carboxylic acids is 2. The molecule has 8 heteroatoms. The number of esters is 1. The highest BCUT2D eigenvalue weighted by atomic mass is 31.2. The lowest BCUT2D eigenvalue weighted by atomic mass is 9.82. The zero-order valence-corrected chi connectivity index (χ0v) is 16.1. The van der Waals surface area contributed by atoms with E-state index in [-0.39, 0.29) is 37.0 Å². The normalized spacial score (nSPS) is 24.8. The molecule has 0 spiro atoms. The minimum absolute atomic E-state index is 0.114. The first-order chi connectivity index (χ1) is 12.0. The van der Waals surface area contributed by atoms with Crippen molar-refractivity contribution in [2.45, 2.75) is 58.2 Å². The Kier molecular flexibility index (Phi) is 7.35. The Bertz CT molecular complexity index is 559. The molecule has 1 aliphatic heterocycles. The fourth-order valence-corrected chi connectivity index (χ4v) is 5.43. The van der Waals surface area contributed by atoms with Gasteiger partial charge in [0.2, 0.25) is 0 Å². The van der Waals surface area contributed by atoms with E-state index >= 15 is 0 Å². The fraction of sp³-hybridized carbons (Fsp3) is 0.824. The molecule has 142 valence electrons. The number of hydrogen-bond donors (Lipinski definition) is 0. The summed E-state index contributed by atoms with van der Waals surface area (Å²) in [6.45, 7) is 3.85. The quantitative estimate of drug-likeness (QED) is 0.479. The van der Waals surface area contributed by atoms with E-state index in [1.165, 1.54) is 7.11 Å². The first-order valence-electron chi connectivity index (χ1n) is 9.05. The number of hydrogen-bond acceptors (Lipinski definition) is 7. The molecule has 0 amide bonds. The number of aliphatic imine (C=N–C) groups is 1. The van der Waals surface area contributed by atoms with Gasteiger partial charge in [-0.15, -0.1) is 0 Å². The predicted molar refractivity (Wildman–Crippen MR) is 93.8 cm³/mol. The van der Waals surface area contributed by atoms with Crippen LogP contribution in [0.4, 0.5) is 0 Å². The van der Waals surface area contributed by atoms with Crippen LogP contribution in [-0.2, 0) is 27.9 Å². The average Bonchev–Trinajstić information content (AvgIpc) is 3.07. The van der Waals surface area contributed by atoms with Gasteiger partial charge in [-0.25, -0.2) is 0 Å². The summed E-state index contributed by atoms with van der Waals surface area (Å²) in [6, 6.07) is 0. The van der Waals surface area contributed by atoms with Gasteiger partial charge in [0.05, 0.1) is 26.0 Å². The van der Waals surface area contributed by atoms with Crippen LogP contribution in [0, 0.1) is 11.8 Å². The van der Waals surface area contributed by atoms with E-state index in [0.717, 1.165) is 32.1 Å². The number of carbonyl (C=O) groups is 2. The zero-order chi connectivity index (χ0) is 18.4. The third-order valence-corrected chi connectivity index (χ3v) is 7.05. The van der Waals surface area contributed by atoms with E-state index in [9.17, 15) is 14.2 Å². The lowest BCUT2D eigenvalue weighted by Crippen LogP contribution is -2.33. The van der Waals surface area contributed by atoms with E-state index in [0.29, 0.717) is 0 Å². The van der Waals surface area contributed by atoms with Crippen LogP contribution in [0.2, 0.25) is 0 Å². The molecule has 2 unspecified atom stereocenters. The van der Waals surface area contributed by atoms with Crippen molar-refractivity contribution in [3.8, 4) is 0 Å². The number of ketones is 1. The van der Waals surface area contributed by atoms with Gasteiger partial charge < -0.3 is 13.8 Å². The molecule has 0 N–H and O–H groups in total. The summed E-state index contributed by atoms with van der Waals surface area (Å²) in [5, 5.41) is 0. The van der Waals surface area contributed by atoms with Crippen molar-refractivity contribution in [1.82, 2.24) is 0 Å². The molecule has 0 aromatic rings. The summed E-state index contributed by atoms with van der Waals surface area (Å²) >= 11 is 0. The number of rotatable bonds is 8. The Morgan fingerprint density at radius 1 is 1.12 bits per heavy atom. The van der Waals surface area contributed by atoms with Gasteiger partial charge in [0.25, 0.3) is 0 Å². The summed E-state index contributed by atoms with van der Waals surface area (Å²) in [5.74, 6) is -2.38. The van der Waals surface area contributed by atoms with Crippen LogP contribution >= 0.6 is 7.60 Å². The van der Waals surface area contributed by atoms with Crippen molar-refractivity contribution >= 4 is 25.1 Å². The minimum Gasteiger partial charge on any atom is -0.469 e. The van der Waals surface area contributed by atoms with Crippen LogP contribution in [-0.4, -0.2) is 43.6 Å². The maximum absolute atomic E-state index is 13.0. The molecule has 1 aliphatic carbocycles. The minimum atomic E-state index is -3.52. The van der Waals surface area contributed by atoms with Crippen LogP contribution in [0.1, 0.15) is 52.4 Å². The molecule has 2 atom stereocenters. The second-order valence-electron chi connectivity index (χ2n) is 6.38. The number of nitrogens with zero attached hydrogens (tertiary/aromatic N) is 1. The molecular weight excluding hydrogens is 345 g/mol. The molecule has 1 fully saturated rings. The van der Waals surface area contributed by atoms with E-state index in [1.807, 2.05) is 0 Å². The number of ether oxygens (including phenoxy) is 1. The second-order valence-corrected chi connectivity index (χ2v) is 8.57. The molecule has 2 rings (SSSR count). The van der Waals surface area contributed by atoms with Crippen molar-refractivity contribution < 1.29 is 27.9 Å². The third-order valence-electron chi connectivity index (χ3n) is 4.76. The molecule has 0 bridgehead atoms. The monoisotopic (exact) mass is 373 g/mol. The largest absolute Gasteiger partial charge is 0.469 e. The molecule has 0 aromatic heterocycles. The Hall–Kier alpha value is -1.04. The lowest BCUT2D eigenvalue weighted by molar-refractivity contribution is -0.143. The smallest absolute Gasteiger partial charge is 0.354 e. The fourth-order valence-electron chi connectivity index (χ4n) is 3.55. The summed E-state index contributed by atoms with van der Waals surface area (Å²) < 4.78 is 28.5. The van der Waals surface area contributed by atoms with Gasteiger partial charge in [0.15, 0.2) is 11.6 Å². The van der Waals surface area contributed by atoms with Crippen molar-refractivity contribution in [1.29, 1.82) is 0 Å². The van der Waals surface area contributed by atoms with E-state index < -0.39 is 25.3 Å². The Morgan fingerprint density at radius 2 is 1.72 bits per heavy atom. The van der Waals surface area contributed by atoms with E-state index in [4.69, 9.17) is 13.8 Å². The topological polar surface area (TPSA) is 91.3 Å². The van der Waals surface area contributed by atoms with Crippen molar-refractivity contribution in [3.63, 3.8) is 0 Å². The molecule has 1 heterocycles. The van der Waals surface area contributed by atoms with Crippen molar-refractivity contribution in [2.24, 2.45) is 16.8 Å². The molecular formula is C17H28NO6P. The molecule has 0 radical (unpaired) electrons. The van der Waals surface area contributed by atoms with Gasteiger partial charge in [-0.3, -0.25) is 19.1 Å². The first-order valence-corrected chi connectivity index (χ1v) is 10.7. The predicted octanol–water partition coefficient (Wildman–Crippen LogP) is 3.36. The van der Waals surface area contributed by atoms with Crippen molar-refractivity contribution in [3.05, 3.63) is 0 Å². The molecule has 2 aliphatic rings. The van der Waals surface area contributed by atoms with Gasteiger partial charge in [0.1, 0.15) is 5.92 Å². The molecule has 7 nitrogen and oxygen atoms in total. The summed E-state index contributed by atoms with van der Waals surface area (Å²) in [5.41, 5.74) is 0.184. The second kappa shape index (κ2) is 9.06. The van der Waals surface area contributed by atoms with Crippen molar-refractivity contribution in [2.75, 3.05) is 20.3 Å². The maximum Gasteiger partial charge on any atom is 0.354 e. The van der Waals surface area contributed by atoms with Gasteiger partial charge >= 0.3 is 13.6 Å². The van der Waals surface area contributed by atoms with E-state index in [2.05, 4.69) is 4.99 Å². The Morgan fingerprint density at radius 3 is 2.24 bits per heavy atom. The molecule has 1 saturated carbocycles. The van der Waals surface area contributed by atoms with Gasteiger partial charge in [0, 0.05) is 12.3 Å². The third kappa shape index (κ3) is 4.57. The highest BCUT2D eigenvalue weighted by Gasteiger charge is 2.48. The van der Waals surface area contributed by atoms with Crippen LogP contribution in [0.25, 0.3) is 0 Å². The Balaban J connectivity index is 2.29. The first kappa shape index (κ1) is 20.3. The molecule has 25 heavy (non-hydrogen) atoms. The Labute approximate surface area is 149 Å². The molecule has 0 saturated heterocycles.